The molecule has 1 aromatic carbocycles. The van der Waals surface area contributed by atoms with Crippen molar-refractivity contribution >= 4 is 17.3 Å². The van der Waals surface area contributed by atoms with Crippen molar-refractivity contribution in [1.29, 1.82) is 0 Å². The highest BCUT2D eigenvalue weighted by Crippen LogP contribution is 2.27. The van der Waals surface area contributed by atoms with E-state index in [4.69, 9.17) is 17.3 Å². The Balaban J connectivity index is 2.92. The molecule has 15 heavy (non-hydrogen) atoms. The van der Waals surface area contributed by atoms with E-state index in [9.17, 15) is 0 Å². The zero-order chi connectivity index (χ0) is 11.4. The predicted molar refractivity (Wildman–Crippen MR) is 67.7 cm³/mol. The van der Waals surface area contributed by atoms with Crippen molar-refractivity contribution in [1.82, 2.24) is 0 Å². The van der Waals surface area contributed by atoms with Gasteiger partial charge in [0.15, 0.2) is 0 Å². The van der Waals surface area contributed by atoms with Gasteiger partial charge in [-0.2, -0.15) is 0 Å². The van der Waals surface area contributed by atoms with E-state index < -0.39 is 0 Å². The van der Waals surface area contributed by atoms with Crippen LogP contribution in [0, 0.1) is 0 Å². The fourth-order valence-electron chi connectivity index (χ4n) is 1.44. The average molecular weight is 227 g/mol. The summed E-state index contributed by atoms with van der Waals surface area (Å²) in [5.41, 5.74) is 7.78. The summed E-state index contributed by atoms with van der Waals surface area (Å²) >= 11 is 6.22. The molecule has 1 aromatic rings. The number of halogens is 1. The van der Waals surface area contributed by atoms with Gasteiger partial charge in [0.2, 0.25) is 0 Å². The molecule has 0 unspecified atom stereocenters. The molecule has 1 rings (SSSR count). The number of nitrogens with two attached hydrogens (primary N) is 1. The van der Waals surface area contributed by atoms with Crippen LogP contribution in [0.5, 0.6) is 0 Å². The Hall–Kier alpha value is -0.730. The minimum Gasteiger partial charge on any atom is -0.371 e. The summed E-state index contributed by atoms with van der Waals surface area (Å²) in [6, 6.07) is 6.60. The standard InChI is InChI=1S/C12H19ClN2/c1-9(2)15(3)12-5-4-10(6-7-14)8-11(12)13/h4-5,8-9H,6-7,14H2,1-3H3. The molecular formula is C12H19ClN2. The Kier molecular flexibility index (Phi) is 4.43. The zero-order valence-corrected chi connectivity index (χ0v) is 10.4. The fourth-order valence-corrected chi connectivity index (χ4v) is 1.77. The minimum absolute atomic E-state index is 0.447. The lowest BCUT2D eigenvalue weighted by Crippen LogP contribution is -2.25. The van der Waals surface area contributed by atoms with E-state index in [2.05, 4.69) is 37.9 Å². The van der Waals surface area contributed by atoms with Crippen molar-refractivity contribution in [2.75, 3.05) is 18.5 Å². The first-order valence-corrected chi connectivity index (χ1v) is 5.65. The highest BCUT2D eigenvalue weighted by Gasteiger charge is 2.09. The number of benzene rings is 1. The van der Waals surface area contributed by atoms with Gasteiger partial charge in [-0.1, -0.05) is 17.7 Å². The first kappa shape index (κ1) is 12.3. The van der Waals surface area contributed by atoms with Crippen LogP contribution >= 0.6 is 11.6 Å². The van der Waals surface area contributed by atoms with E-state index in [0.717, 1.165) is 17.1 Å². The highest BCUT2D eigenvalue weighted by atomic mass is 35.5. The number of hydrogen-bond acceptors (Lipinski definition) is 2. The van der Waals surface area contributed by atoms with Crippen LogP contribution in [0.15, 0.2) is 18.2 Å². The molecule has 0 fully saturated rings. The third-order valence-corrected chi connectivity index (χ3v) is 2.90. The molecule has 0 aliphatic carbocycles. The van der Waals surface area contributed by atoms with Crippen LogP contribution in [0.1, 0.15) is 19.4 Å². The van der Waals surface area contributed by atoms with Gasteiger partial charge in [-0.15, -0.1) is 0 Å². The van der Waals surface area contributed by atoms with E-state index >= 15 is 0 Å². The molecule has 2 N–H and O–H groups in total. The van der Waals surface area contributed by atoms with Crippen LogP contribution in [0.25, 0.3) is 0 Å². The summed E-state index contributed by atoms with van der Waals surface area (Å²) < 4.78 is 0. The highest BCUT2D eigenvalue weighted by molar-refractivity contribution is 6.33. The molecule has 0 heterocycles. The van der Waals surface area contributed by atoms with Gasteiger partial charge in [0.05, 0.1) is 10.7 Å². The van der Waals surface area contributed by atoms with Crippen molar-refractivity contribution < 1.29 is 0 Å². The lowest BCUT2D eigenvalue weighted by atomic mass is 10.1. The lowest BCUT2D eigenvalue weighted by Gasteiger charge is -2.25. The largest absolute Gasteiger partial charge is 0.371 e. The van der Waals surface area contributed by atoms with Gasteiger partial charge in [-0.3, -0.25) is 0 Å². The number of hydrogen-bond donors (Lipinski definition) is 1. The Morgan fingerprint density at radius 2 is 2.07 bits per heavy atom. The second-order valence-corrected chi connectivity index (χ2v) is 4.44. The van der Waals surface area contributed by atoms with Gasteiger partial charge in [0.25, 0.3) is 0 Å². The summed E-state index contributed by atoms with van der Waals surface area (Å²) in [6.45, 7) is 4.95. The van der Waals surface area contributed by atoms with Crippen molar-refractivity contribution in [3.05, 3.63) is 28.8 Å². The smallest absolute Gasteiger partial charge is 0.0642 e. The maximum Gasteiger partial charge on any atom is 0.0642 e. The van der Waals surface area contributed by atoms with Crippen LogP contribution in [-0.4, -0.2) is 19.6 Å². The number of rotatable bonds is 4. The molecule has 0 saturated heterocycles. The van der Waals surface area contributed by atoms with Gasteiger partial charge >= 0.3 is 0 Å². The third kappa shape index (κ3) is 3.11. The zero-order valence-electron chi connectivity index (χ0n) is 9.63. The lowest BCUT2D eigenvalue weighted by molar-refractivity contribution is 0.754. The summed E-state index contributed by atoms with van der Waals surface area (Å²) in [6.07, 6.45) is 0.880. The SMILES string of the molecule is CC(C)N(C)c1ccc(CCN)cc1Cl. The monoisotopic (exact) mass is 226 g/mol. The molecule has 0 spiro atoms. The number of anilines is 1. The van der Waals surface area contributed by atoms with Crippen LogP contribution in [0.2, 0.25) is 5.02 Å². The van der Waals surface area contributed by atoms with Crippen molar-refractivity contribution in [3.63, 3.8) is 0 Å². The maximum atomic E-state index is 6.22. The van der Waals surface area contributed by atoms with Crippen molar-refractivity contribution in [2.24, 2.45) is 5.73 Å². The molecule has 84 valence electrons. The minimum atomic E-state index is 0.447. The molecular weight excluding hydrogens is 208 g/mol. The van der Waals surface area contributed by atoms with Gasteiger partial charge in [0.1, 0.15) is 0 Å². The van der Waals surface area contributed by atoms with Crippen LogP contribution < -0.4 is 10.6 Å². The van der Waals surface area contributed by atoms with E-state index in [1.54, 1.807) is 0 Å². The Morgan fingerprint density at radius 3 is 2.53 bits per heavy atom. The van der Waals surface area contributed by atoms with Crippen LogP contribution in [0.4, 0.5) is 5.69 Å². The fraction of sp³-hybridized carbons (Fsp3) is 0.500. The third-order valence-electron chi connectivity index (χ3n) is 2.60. The second-order valence-electron chi connectivity index (χ2n) is 4.03. The van der Waals surface area contributed by atoms with Crippen molar-refractivity contribution in [2.45, 2.75) is 26.3 Å². The van der Waals surface area contributed by atoms with E-state index in [0.29, 0.717) is 12.6 Å². The molecule has 0 aromatic heterocycles. The summed E-state index contributed by atoms with van der Waals surface area (Å²) in [7, 11) is 2.05. The molecule has 0 atom stereocenters. The Labute approximate surface area is 97.0 Å². The topological polar surface area (TPSA) is 29.3 Å². The van der Waals surface area contributed by atoms with E-state index in [1.807, 2.05) is 6.07 Å². The quantitative estimate of drug-likeness (QED) is 0.856. The molecule has 0 amide bonds. The van der Waals surface area contributed by atoms with Crippen LogP contribution in [-0.2, 0) is 6.42 Å². The Bertz CT molecular complexity index is 323. The van der Waals surface area contributed by atoms with Gasteiger partial charge in [0, 0.05) is 13.1 Å². The molecule has 3 heteroatoms. The summed E-state index contributed by atoms with van der Waals surface area (Å²) in [4.78, 5) is 2.16. The molecule has 0 saturated carbocycles. The van der Waals surface area contributed by atoms with Crippen LogP contribution in [0.3, 0.4) is 0 Å². The van der Waals surface area contributed by atoms with Gasteiger partial charge < -0.3 is 10.6 Å². The predicted octanol–water partition coefficient (Wildman–Crippen LogP) is 2.69. The van der Waals surface area contributed by atoms with Gasteiger partial charge in [-0.25, -0.2) is 0 Å². The first-order valence-electron chi connectivity index (χ1n) is 5.27. The summed E-state index contributed by atoms with van der Waals surface area (Å²) in [5, 5.41) is 0.803. The first-order chi connectivity index (χ1) is 7.06. The average Bonchev–Trinajstić information content (AvgIpc) is 2.17. The number of nitrogens with zero attached hydrogens (tertiary/aromatic N) is 1. The molecule has 0 aliphatic heterocycles. The second kappa shape index (κ2) is 5.38. The van der Waals surface area contributed by atoms with E-state index in [-0.39, 0.29) is 0 Å². The van der Waals surface area contributed by atoms with Crippen molar-refractivity contribution in [3.8, 4) is 0 Å². The van der Waals surface area contributed by atoms with E-state index in [1.165, 1.54) is 5.56 Å². The summed E-state index contributed by atoms with van der Waals surface area (Å²) in [5.74, 6) is 0. The molecule has 0 bridgehead atoms. The maximum absolute atomic E-state index is 6.22. The Morgan fingerprint density at radius 1 is 1.40 bits per heavy atom. The molecule has 2 nitrogen and oxygen atoms in total. The molecule has 0 aliphatic rings. The normalized spacial score (nSPS) is 10.8. The molecule has 0 radical (unpaired) electrons. The van der Waals surface area contributed by atoms with Gasteiger partial charge in [-0.05, 0) is 44.5 Å².